The average molecular weight is 300 g/mol. The number of anilines is 1. The molecule has 2 aromatic heterocycles. The number of amides is 1. The number of aryl methyl sites for hydroxylation is 2. The van der Waals surface area contributed by atoms with Crippen molar-refractivity contribution in [1.82, 2.24) is 14.8 Å². The SMILES string of the molecule is CCn1nccc1[C@@H]1OCC[C@H]1C(=O)Nc1ccc(C)nc1. The summed E-state index contributed by atoms with van der Waals surface area (Å²) < 4.78 is 7.67. The fourth-order valence-electron chi connectivity index (χ4n) is 2.78. The standard InChI is InChI=1S/C16H20N4O2/c1-3-20-14(6-8-18-20)15-13(7-9-22-15)16(21)19-12-5-4-11(2)17-10-12/h4-6,8,10,13,15H,3,7,9H2,1-2H3,(H,19,21)/t13-,15-/m1/s1. The highest BCUT2D eigenvalue weighted by molar-refractivity contribution is 5.93. The number of carbonyl (C=O) groups excluding carboxylic acids is 1. The fourth-order valence-corrected chi connectivity index (χ4v) is 2.78. The number of hydrogen-bond acceptors (Lipinski definition) is 4. The van der Waals surface area contributed by atoms with Crippen LogP contribution in [0.5, 0.6) is 0 Å². The number of hydrogen-bond donors (Lipinski definition) is 1. The van der Waals surface area contributed by atoms with Gasteiger partial charge in [0.15, 0.2) is 0 Å². The van der Waals surface area contributed by atoms with Crippen LogP contribution in [0.1, 0.15) is 30.8 Å². The molecule has 1 saturated heterocycles. The third kappa shape index (κ3) is 2.87. The van der Waals surface area contributed by atoms with Gasteiger partial charge in [-0.25, -0.2) is 0 Å². The summed E-state index contributed by atoms with van der Waals surface area (Å²) in [7, 11) is 0. The van der Waals surface area contributed by atoms with Gasteiger partial charge >= 0.3 is 0 Å². The van der Waals surface area contributed by atoms with Gasteiger partial charge in [-0.3, -0.25) is 14.5 Å². The van der Waals surface area contributed by atoms with E-state index in [4.69, 9.17) is 4.74 Å². The van der Waals surface area contributed by atoms with Crippen LogP contribution >= 0.6 is 0 Å². The third-order valence-electron chi connectivity index (χ3n) is 3.95. The first kappa shape index (κ1) is 14.7. The molecular formula is C16H20N4O2. The van der Waals surface area contributed by atoms with Gasteiger partial charge in [0.2, 0.25) is 5.91 Å². The second-order valence-electron chi connectivity index (χ2n) is 5.44. The number of aromatic nitrogens is 3. The molecule has 0 spiro atoms. The van der Waals surface area contributed by atoms with Crippen LogP contribution in [0.2, 0.25) is 0 Å². The number of ether oxygens (including phenoxy) is 1. The number of nitrogens with zero attached hydrogens (tertiary/aromatic N) is 3. The quantitative estimate of drug-likeness (QED) is 0.941. The Bertz CT molecular complexity index is 650. The molecule has 22 heavy (non-hydrogen) atoms. The van der Waals surface area contributed by atoms with Gasteiger partial charge in [-0.15, -0.1) is 0 Å². The van der Waals surface area contributed by atoms with Gasteiger partial charge < -0.3 is 10.1 Å². The van der Waals surface area contributed by atoms with Crippen LogP contribution in [-0.4, -0.2) is 27.3 Å². The summed E-state index contributed by atoms with van der Waals surface area (Å²) in [6, 6.07) is 5.67. The highest BCUT2D eigenvalue weighted by Gasteiger charge is 2.37. The average Bonchev–Trinajstić information content (AvgIpc) is 3.17. The van der Waals surface area contributed by atoms with Gasteiger partial charge in [0.25, 0.3) is 0 Å². The third-order valence-corrected chi connectivity index (χ3v) is 3.95. The Kier molecular flexibility index (Phi) is 4.20. The highest BCUT2D eigenvalue weighted by Crippen LogP contribution is 2.35. The lowest BCUT2D eigenvalue weighted by Crippen LogP contribution is -2.26. The van der Waals surface area contributed by atoms with Gasteiger partial charge in [-0.05, 0) is 38.5 Å². The summed E-state index contributed by atoms with van der Waals surface area (Å²) in [5, 5.41) is 7.19. The Morgan fingerprint density at radius 3 is 3.05 bits per heavy atom. The van der Waals surface area contributed by atoms with Crippen molar-refractivity contribution in [1.29, 1.82) is 0 Å². The van der Waals surface area contributed by atoms with Gasteiger partial charge in [0, 0.05) is 25.0 Å². The van der Waals surface area contributed by atoms with Crippen LogP contribution in [0, 0.1) is 12.8 Å². The number of nitrogens with one attached hydrogen (secondary N) is 1. The smallest absolute Gasteiger partial charge is 0.230 e. The van der Waals surface area contributed by atoms with Crippen LogP contribution in [0.25, 0.3) is 0 Å². The first-order valence-electron chi connectivity index (χ1n) is 7.56. The lowest BCUT2D eigenvalue weighted by Gasteiger charge is -2.19. The van der Waals surface area contributed by atoms with E-state index in [1.807, 2.05) is 36.7 Å². The van der Waals surface area contributed by atoms with Crippen molar-refractivity contribution in [2.45, 2.75) is 32.9 Å². The Labute approximate surface area is 129 Å². The lowest BCUT2D eigenvalue weighted by atomic mass is 9.98. The Balaban J connectivity index is 1.75. The van der Waals surface area contributed by atoms with E-state index >= 15 is 0 Å². The summed E-state index contributed by atoms with van der Waals surface area (Å²) in [6.07, 6.45) is 3.90. The van der Waals surface area contributed by atoms with Crippen molar-refractivity contribution < 1.29 is 9.53 Å². The van der Waals surface area contributed by atoms with Crippen molar-refractivity contribution in [3.05, 3.63) is 42.0 Å². The molecule has 1 aliphatic heterocycles. The van der Waals surface area contributed by atoms with Gasteiger partial charge in [0.05, 0.1) is 23.5 Å². The Hall–Kier alpha value is -2.21. The van der Waals surface area contributed by atoms with Gasteiger partial charge in [-0.2, -0.15) is 5.10 Å². The minimum atomic E-state index is -0.235. The molecule has 2 aromatic rings. The molecule has 1 fully saturated rings. The zero-order valence-electron chi connectivity index (χ0n) is 12.8. The van der Waals surface area contributed by atoms with Crippen LogP contribution < -0.4 is 5.32 Å². The van der Waals surface area contributed by atoms with Crippen molar-refractivity contribution in [2.75, 3.05) is 11.9 Å². The maximum Gasteiger partial charge on any atom is 0.230 e. The summed E-state index contributed by atoms with van der Waals surface area (Å²) in [4.78, 5) is 16.8. The molecule has 3 rings (SSSR count). The van der Waals surface area contributed by atoms with Crippen LogP contribution in [0.15, 0.2) is 30.6 Å². The summed E-state index contributed by atoms with van der Waals surface area (Å²) in [5.74, 6) is -0.236. The van der Waals surface area contributed by atoms with Crippen molar-refractivity contribution in [2.24, 2.45) is 5.92 Å². The maximum atomic E-state index is 12.6. The van der Waals surface area contributed by atoms with E-state index in [1.165, 1.54) is 0 Å². The monoisotopic (exact) mass is 300 g/mol. The molecule has 0 bridgehead atoms. The first-order valence-corrected chi connectivity index (χ1v) is 7.56. The molecule has 6 heteroatoms. The molecule has 116 valence electrons. The molecule has 3 heterocycles. The van der Waals surface area contributed by atoms with Crippen molar-refractivity contribution in [3.63, 3.8) is 0 Å². The van der Waals surface area contributed by atoms with E-state index < -0.39 is 0 Å². The second-order valence-corrected chi connectivity index (χ2v) is 5.44. The zero-order chi connectivity index (χ0) is 15.5. The second kappa shape index (κ2) is 6.27. The predicted octanol–water partition coefficient (Wildman–Crippen LogP) is 2.32. The minimum Gasteiger partial charge on any atom is -0.371 e. The topological polar surface area (TPSA) is 69.0 Å². The molecule has 0 unspecified atom stereocenters. The minimum absolute atomic E-state index is 0.0305. The van der Waals surface area contributed by atoms with E-state index in [-0.39, 0.29) is 17.9 Å². The molecule has 1 amide bonds. The molecule has 0 saturated carbocycles. The van der Waals surface area contributed by atoms with Gasteiger partial charge in [-0.1, -0.05) is 0 Å². The summed E-state index contributed by atoms with van der Waals surface area (Å²) >= 11 is 0. The van der Waals surface area contributed by atoms with Crippen molar-refractivity contribution in [3.8, 4) is 0 Å². The number of pyridine rings is 1. The molecular weight excluding hydrogens is 280 g/mol. The molecule has 6 nitrogen and oxygen atoms in total. The molecule has 1 N–H and O–H groups in total. The van der Waals surface area contributed by atoms with Crippen molar-refractivity contribution >= 4 is 11.6 Å². The van der Waals surface area contributed by atoms with E-state index in [0.717, 1.165) is 17.9 Å². The van der Waals surface area contributed by atoms with E-state index in [9.17, 15) is 4.79 Å². The van der Waals surface area contributed by atoms with Crippen LogP contribution in [0.3, 0.4) is 0 Å². The van der Waals surface area contributed by atoms with Crippen LogP contribution in [0.4, 0.5) is 5.69 Å². The molecule has 0 aromatic carbocycles. The Morgan fingerprint density at radius 1 is 1.45 bits per heavy atom. The van der Waals surface area contributed by atoms with E-state index in [0.29, 0.717) is 18.7 Å². The molecule has 2 atom stereocenters. The molecule has 1 aliphatic rings. The number of carbonyl (C=O) groups is 1. The highest BCUT2D eigenvalue weighted by atomic mass is 16.5. The van der Waals surface area contributed by atoms with E-state index in [1.54, 1.807) is 12.4 Å². The largest absolute Gasteiger partial charge is 0.371 e. The molecule has 0 radical (unpaired) electrons. The first-order chi connectivity index (χ1) is 10.7. The van der Waals surface area contributed by atoms with Crippen LogP contribution in [-0.2, 0) is 16.1 Å². The molecule has 0 aliphatic carbocycles. The van der Waals surface area contributed by atoms with Gasteiger partial charge in [0.1, 0.15) is 6.10 Å². The summed E-state index contributed by atoms with van der Waals surface area (Å²) in [6.45, 7) is 5.29. The predicted molar refractivity (Wildman–Crippen MR) is 82.3 cm³/mol. The normalized spacial score (nSPS) is 21.0. The summed E-state index contributed by atoms with van der Waals surface area (Å²) in [5.41, 5.74) is 2.60. The number of rotatable bonds is 4. The Morgan fingerprint density at radius 2 is 2.32 bits per heavy atom. The zero-order valence-corrected chi connectivity index (χ0v) is 12.8. The lowest BCUT2D eigenvalue weighted by molar-refractivity contribution is -0.121. The van der Waals surface area contributed by atoms with E-state index in [2.05, 4.69) is 15.4 Å². The maximum absolute atomic E-state index is 12.6. The fraction of sp³-hybridized carbons (Fsp3) is 0.438.